The molecule has 7 rings (SSSR count). The van der Waals surface area contributed by atoms with Crippen LogP contribution in [0.15, 0.2) is 39.4 Å². The number of furan rings is 1. The van der Waals surface area contributed by atoms with Crippen LogP contribution < -0.4 is 32.3 Å². The third kappa shape index (κ3) is 5.13. The van der Waals surface area contributed by atoms with Gasteiger partial charge in [-0.05, 0) is 6.42 Å². The first-order valence-corrected chi connectivity index (χ1v) is 15.9. The lowest BCUT2D eigenvalue weighted by molar-refractivity contribution is 0.101. The molecule has 4 aliphatic heterocycles. The van der Waals surface area contributed by atoms with Gasteiger partial charge in [-0.1, -0.05) is 6.08 Å². The van der Waals surface area contributed by atoms with Crippen LogP contribution in [-0.4, -0.2) is 79.3 Å². The summed E-state index contributed by atoms with van der Waals surface area (Å²) in [5.74, 6) is -4.03. The van der Waals surface area contributed by atoms with Crippen molar-refractivity contribution in [1.82, 2.24) is 35.3 Å². The van der Waals surface area contributed by atoms with Gasteiger partial charge in [0.05, 0.1) is 24.6 Å². The minimum atomic E-state index is -4.94. The average molecular weight is 673 g/mol. The number of ether oxygens (including phenoxy) is 1. The summed E-state index contributed by atoms with van der Waals surface area (Å²) in [6.45, 7) is -0.587. The fourth-order valence-electron chi connectivity index (χ4n) is 4.97. The maximum Gasteiger partial charge on any atom is 0.663 e. The Balaban J connectivity index is 1.27. The smallest absolute Gasteiger partial charge is 0.501 e. The molecule has 0 spiro atoms. The summed E-state index contributed by atoms with van der Waals surface area (Å²) in [5.41, 5.74) is 14.1. The standard InChI is InChI=1S/C21H23N9O13P2/c22-17-8-2-1-7(30(8)26-5-24-17)14-13(32)15-10(40-14)4-39-45(36,37)43-16-12(31)9(3-38-44(34,35)42-15)41-20(16)29-6-25-11-18(29)27-21(23)28-19(11)33/h1,3,6,8,12,17,24,26,31,34-37H,2,4-5,22H2,(H2-2,23,27,28,32,33)/p+2/b9-3+/t8?,12-,17?/m1/s1. The van der Waals surface area contributed by atoms with E-state index in [-0.39, 0.29) is 28.9 Å². The third-order valence-corrected chi connectivity index (χ3v) is 8.67. The zero-order valence-corrected chi connectivity index (χ0v) is 24.3. The number of nitrogens with one attached hydrogen (secondary N) is 3. The number of aliphatic hydroxyl groups is 1. The molecule has 45 heavy (non-hydrogen) atoms. The molecular formula is C21H25N9O13P2+2. The van der Waals surface area contributed by atoms with Gasteiger partial charge < -0.3 is 30.8 Å². The first-order valence-electron chi connectivity index (χ1n) is 12.8. The predicted octanol–water partition coefficient (Wildman–Crippen LogP) is -1.91. The van der Waals surface area contributed by atoms with Gasteiger partial charge in [0.2, 0.25) is 11.7 Å². The van der Waals surface area contributed by atoms with Gasteiger partial charge in [-0.25, -0.2) is 19.5 Å². The van der Waals surface area contributed by atoms with E-state index in [9.17, 15) is 34.6 Å². The number of rotatable bonds is 2. The molecular weight excluding hydrogens is 648 g/mol. The van der Waals surface area contributed by atoms with Gasteiger partial charge >= 0.3 is 16.3 Å². The highest BCUT2D eigenvalue weighted by atomic mass is 31.2. The summed E-state index contributed by atoms with van der Waals surface area (Å²) in [5, 5.41) is 26.7. The number of hydrazine groups is 1. The highest BCUT2D eigenvalue weighted by Crippen LogP contribution is 2.61. The number of imidazole rings is 1. The molecule has 7 heterocycles. The van der Waals surface area contributed by atoms with Crippen LogP contribution in [0.5, 0.6) is 11.5 Å². The molecule has 2 unspecified atom stereocenters. The van der Waals surface area contributed by atoms with Gasteiger partial charge in [0.1, 0.15) is 6.33 Å². The molecule has 22 nitrogen and oxygen atoms in total. The van der Waals surface area contributed by atoms with E-state index >= 15 is 0 Å². The fraction of sp³-hybridized carbons (Fsp3) is 0.286. The molecule has 3 aromatic rings. The van der Waals surface area contributed by atoms with Crippen LogP contribution in [0, 0.1) is 0 Å². The summed E-state index contributed by atoms with van der Waals surface area (Å²) in [4.78, 5) is 65.2. The zero-order chi connectivity index (χ0) is 31.8. The Hall–Kier alpha value is -4.05. The summed E-state index contributed by atoms with van der Waals surface area (Å²) < 4.78 is 33.1. The van der Waals surface area contributed by atoms with Gasteiger partial charge in [0, 0.05) is 0 Å². The second-order valence-corrected chi connectivity index (χ2v) is 12.6. The molecule has 240 valence electrons. The van der Waals surface area contributed by atoms with Crippen molar-refractivity contribution >= 4 is 45.0 Å². The topological polar surface area (TPSA) is 324 Å². The summed E-state index contributed by atoms with van der Waals surface area (Å²) in [7, 11) is -9.88. The minimum Gasteiger partial charge on any atom is -0.501 e. The summed E-state index contributed by atoms with van der Waals surface area (Å²) >= 11 is 0. The van der Waals surface area contributed by atoms with Crippen molar-refractivity contribution < 1.29 is 57.0 Å². The van der Waals surface area contributed by atoms with Crippen molar-refractivity contribution in [3.63, 3.8) is 0 Å². The number of anilines is 1. The molecule has 1 saturated heterocycles. The van der Waals surface area contributed by atoms with Crippen molar-refractivity contribution in [3.8, 4) is 11.5 Å². The van der Waals surface area contributed by atoms with Crippen molar-refractivity contribution in [1.29, 1.82) is 0 Å². The van der Waals surface area contributed by atoms with Gasteiger partial charge in [0.25, 0.3) is 23.0 Å². The first-order chi connectivity index (χ1) is 21.3. The monoisotopic (exact) mass is 673 g/mol. The molecule has 0 amide bonds. The molecule has 1 fully saturated rings. The number of aromatic hydroxyl groups is 1. The molecule has 0 radical (unpaired) electrons. The quantitative estimate of drug-likeness (QED) is 0.132. The van der Waals surface area contributed by atoms with E-state index in [1.165, 1.54) is 0 Å². The number of hydrogen-bond acceptors (Lipinski definition) is 20. The molecule has 3 atom stereocenters. The molecule has 0 aliphatic carbocycles. The zero-order valence-electron chi connectivity index (χ0n) is 22.5. The second kappa shape index (κ2) is 10.5. The van der Waals surface area contributed by atoms with E-state index in [1.807, 2.05) is 0 Å². The number of nitrogens with zero attached hydrogens (tertiary/aromatic N) is 4. The van der Waals surface area contributed by atoms with Crippen LogP contribution in [0.3, 0.4) is 0 Å². The molecule has 4 aliphatic rings. The van der Waals surface area contributed by atoms with Crippen LogP contribution in [-0.2, 0) is 24.9 Å². The van der Waals surface area contributed by atoms with E-state index in [0.29, 0.717) is 25.0 Å². The SMILES string of the molecule is Nc1nc2c(ncn2C2=C3O[P+](O)(O)OCc4oc(C5=CCC6C(N)NCNN56)c(O)c4O[P+](O)(O)O/C=C(/O2)[C@H]3O)c(=O)[nH]1. The Bertz CT molecular complexity index is 1850. The summed E-state index contributed by atoms with van der Waals surface area (Å²) in [6, 6.07) is -0.263. The third-order valence-electron chi connectivity index (χ3n) is 6.97. The van der Waals surface area contributed by atoms with E-state index in [0.717, 1.165) is 10.9 Å². The normalized spacial score (nSPS) is 27.0. The number of nitrogen functional groups attached to an aromatic ring is 1. The van der Waals surface area contributed by atoms with Gasteiger partial charge in [0.15, 0.2) is 47.4 Å². The molecule has 24 heteroatoms. The molecule has 13 N–H and O–H groups in total. The van der Waals surface area contributed by atoms with Crippen molar-refractivity contribution in [2.75, 3.05) is 12.4 Å². The number of hydrogen-bond donors (Lipinski definition) is 11. The number of fused-ring (bicyclic) bond motifs is 5. The Labute approximate surface area is 250 Å². The largest absolute Gasteiger partial charge is 0.663 e. The van der Waals surface area contributed by atoms with Crippen LogP contribution in [0.1, 0.15) is 17.9 Å². The van der Waals surface area contributed by atoms with E-state index in [1.54, 1.807) is 11.1 Å². The highest BCUT2D eigenvalue weighted by molar-refractivity contribution is 7.55. The Morgan fingerprint density at radius 1 is 1.16 bits per heavy atom. The summed E-state index contributed by atoms with van der Waals surface area (Å²) in [6.07, 6.45) is 1.37. The van der Waals surface area contributed by atoms with E-state index in [2.05, 4.69) is 25.7 Å². The Morgan fingerprint density at radius 3 is 2.76 bits per heavy atom. The van der Waals surface area contributed by atoms with Crippen molar-refractivity contribution in [2.24, 2.45) is 5.73 Å². The van der Waals surface area contributed by atoms with Crippen molar-refractivity contribution in [2.45, 2.75) is 31.3 Å². The second-order valence-electron chi connectivity index (χ2n) is 9.83. The van der Waals surface area contributed by atoms with E-state index in [4.69, 9.17) is 38.7 Å². The maximum absolute atomic E-state index is 12.3. The number of aromatic amines is 1. The van der Waals surface area contributed by atoms with Gasteiger partial charge in [-0.3, -0.25) is 29.2 Å². The Morgan fingerprint density at radius 2 is 1.96 bits per heavy atom. The van der Waals surface area contributed by atoms with E-state index < -0.39 is 75.4 Å². The molecule has 0 saturated carbocycles. The van der Waals surface area contributed by atoms with Crippen molar-refractivity contribution in [3.05, 3.63) is 52.1 Å². The number of H-pyrrole nitrogens is 1. The first kappa shape index (κ1) is 29.6. The van der Waals surface area contributed by atoms with Crippen LogP contribution in [0.4, 0.5) is 5.95 Å². The average Bonchev–Trinajstić information content (AvgIpc) is 3.72. The van der Waals surface area contributed by atoms with Crippen LogP contribution in [0.25, 0.3) is 22.7 Å². The fourth-order valence-corrected chi connectivity index (χ4v) is 6.45. The van der Waals surface area contributed by atoms with Gasteiger partial charge in [-0.15, -0.1) is 4.52 Å². The lowest BCUT2D eigenvalue weighted by Crippen LogP contribution is -2.64. The molecule has 2 bridgehead atoms. The number of aromatic nitrogens is 4. The van der Waals surface area contributed by atoms with Gasteiger partial charge in [-0.2, -0.15) is 24.6 Å². The lowest BCUT2D eigenvalue weighted by atomic mass is 10.2. The number of aliphatic hydroxyl groups excluding tert-OH is 1. The maximum atomic E-state index is 12.3. The Kier molecular flexibility index (Phi) is 6.92. The van der Waals surface area contributed by atoms with Crippen LogP contribution in [0.2, 0.25) is 0 Å². The highest BCUT2D eigenvalue weighted by Gasteiger charge is 2.53. The molecule has 3 aromatic heterocycles. The lowest BCUT2D eigenvalue weighted by Gasteiger charge is -2.38. The van der Waals surface area contributed by atoms with Crippen LogP contribution >= 0.6 is 16.3 Å². The number of nitrogens with two attached hydrogens (primary N) is 2. The molecule has 0 aromatic carbocycles. The predicted molar refractivity (Wildman–Crippen MR) is 149 cm³/mol. The minimum absolute atomic E-state index is 0.176.